The number of aliphatic hydroxyl groups excluding tert-OH is 1. The van der Waals surface area contributed by atoms with Crippen molar-refractivity contribution in [3.63, 3.8) is 0 Å². The van der Waals surface area contributed by atoms with Crippen LogP contribution >= 0.6 is 0 Å². The highest BCUT2D eigenvalue weighted by Gasteiger charge is 2.43. The van der Waals surface area contributed by atoms with Gasteiger partial charge in [-0.25, -0.2) is 8.78 Å². The lowest BCUT2D eigenvalue weighted by molar-refractivity contribution is -0.479. The Bertz CT molecular complexity index is 1540. The van der Waals surface area contributed by atoms with Crippen LogP contribution in [0.4, 0.5) is 14.5 Å². The lowest BCUT2D eigenvalue weighted by Crippen LogP contribution is -2.42. The maximum absolute atomic E-state index is 14.5. The summed E-state index contributed by atoms with van der Waals surface area (Å²) in [5.74, 6) is 1.23. The molecule has 234 valence electrons. The standard InChI is InChI=1S/C34H43F2N6O2/c1-22(43)40-15-9-30-29(21-40)33(38-42(30)19-23-5-10-34(11-6-23)12-7-26(44)8-13-34)41-14-3-4-24-16-27(25-18-37-39(2)20-25)28(32(35)36)17-31(24)41/h16-20,23,26,32,44H,3-15,21H2,1-2H3/q+1/b42-19-. The second-order valence-corrected chi connectivity index (χ2v) is 13.6. The summed E-state index contributed by atoms with van der Waals surface area (Å²) in [5.41, 5.74) is 5.57. The number of carbonyl (C=O) groups excluding carboxylic acids is 1. The number of hydrazone groups is 1. The number of aliphatic hydroxyl groups is 1. The molecule has 7 rings (SSSR count). The number of hydrogen-bond acceptors (Lipinski definition) is 5. The van der Waals surface area contributed by atoms with Gasteiger partial charge in [-0.2, -0.15) is 5.10 Å². The second-order valence-electron chi connectivity index (χ2n) is 13.6. The molecule has 5 aliphatic rings. The van der Waals surface area contributed by atoms with E-state index in [1.54, 1.807) is 37.1 Å². The molecule has 10 heteroatoms. The van der Waals surface area contributed by atoms with Gasteiger partial charge in [0.2, 0.25) is 17.4 Å². The first-order chi connectivity index (χ1) is 21.2. The molecule has 2 aliphatic carbocycles. The van der Waals surface area contributed by atoms with Gasteiger partial charge in [0, 0.05) is 61.1 Å². The highest BCUT2D eigenvalue weighted by atomic mass is 19.3. The summed E-state index contributed by atoms with van der Waals surface area (Å²) in [5, 5.41) is 19.4. The Labute approximate surface area is 257 Å². The summed E-state index contributed by atoms with van der Waals surface area (Å²) >= 11 is 0. The van der Waals surface area contributed by atoms with Gasteiger partial charge in [0.25, 0.3) is 6.43 Å². The van der Waals surface area contributed by atoms with Crippen molar-refractivity contribution in [2.24, 2.45) is 23.5 Å². The molecule has 0 atom stereocenters. The molecular formula is C34H43F2N6O2+. The molecule has 0 radical (unpaired) electrons. The molecule has 0 unspecified atom stereocenters. The van der Waals surface area contributed by atoms with Gasteiger partial charge >= 0.3 is 0 Å². The largest absolute Gasteiger partial charge is 0.393 e. The van der Waals surface area contributed by atoms with Crippen LogP contribution in [0.2, 0.25) is 0 Å². The first kappa shape index (κ1) is 29.3. The van der Waals surface area contributed by atoms with Crippen LogP contribution in [0.15, 0.2) is 40.9 Å². The molecule has 1 spiro atoms. The average Bonchev–Trinajstić information content (AvgIpc) is 3.62. The first-order valence-electron chi connectivity index (χ1n) is 16.3. The second kappa shape index (κ2) is 11.5. The first-order valence-corrected chi connectivity index (χ1v) is 16.3. The van der Waals surface area contributed by atoms with Gasteiger partial charge in [0.15, 0.2) is 6.21 Å². The van der Waals surface area contributed by atoms with Gasteiger partial charge in [-0.15, -0.1) is 0 Å². The molecule has 0 saturated heterocycles. The van der Waals surface area contributed by atoms with Crippen LogP contribution in [0.5, 0.6) is 0 Å². The van der Waals surface area contributed by atoms with Crippen LogP contribution in [-0.4, -0.2) is 68.2 Å². The minimum atomic E-state index is -2.63. The van der Waals surface area contributed by atoms with E-state index < -0.39 is 6.43 Å². The van der Waals surface area contributed by atoms with Crippen molar-refractivity contribution in [3.8, 4) is 11.1 Å². The van der Waals surface area contributed by atoms with Crippen molar-refractivity contribution >= 4 is 23.6 Å². The Balaban J connectivity index is 1.23. The molecule has 1 amide bonds. The maximum Gasteiger partial charge on any atom is 0.264 e. The van der Waals surface area contributed by atoms with E-state index in [4.69, 9.17) is 5.10 Å². The Morgan fingerprint density at radius 3 is 2.55 bits per heavy atom. The third-order valence-corrected chi connectivity index (χ3v) is 10.8. The Kier molecular flexibility index (Phi) is 7.67. The fraction of sp³-hybridized carbons (Fsp3) is 0.588. The van der Waals surface area contributed by atoms with E-state index >= 15 is 0 Å². The summed E-state index contributed by atoms with van der Waals surface area (Å²) in [4.78, 5) is 16.4. The number of carbonyl (C=O) groups is 1. The summed E-state index contributed by atoms with van der Waals surface area (Å²) in [6.07, 6.45) is 14.0. The Morgan fingerprint density at radius 2 is 1.86 bits per heavy atom. The molecule has 4 heterocycles. The predicted octanol–water partition coefficient (Wildman–Crippen LogP) is 5.81. The predicted molar refractivity (Wildman–Crippen MR) is 166 cm³/mol. The zero-order valence-electron chi connectivity index (χ0n) is 25.8. The number of halogens is 2. The third kappa shape index (κ3) is 5.39. The van der Waals surface area contributed by atoms with E-state index in [-0.39, 0.29) is 17.6 Å². The molecule has 8 nitrogen and oxygen atoms in total. The van der Waals surface area contributed by atoms with Crippen LogP contribution in [0.25, 0.3) is 11.1 Å². The normalized spacial score (nSPS) is 28.1. The number of benzene rings is 1. The van der Waals surface area contributed by atoms with Gasteiger partial charge in [-0.05, 0) is 92.9 Å². The number of alkyl halides is 2. The van der Waals surface area contributed by atoms with Crippen molar-refractivity contribution in [2.45, 2.75) is 90.1 Å². The van der Waals surface area contributed by atoms with Gasteiger partial charge in [0.1, 0.15) is 0 Å². The zero-order chi connectivity index (χ0) is 30.6. The van der Waals surface area contributed by atoms with Gasteiger partial charge < -0.3 is 14.9 Å². The van der Waals surface area contributed by atoms with Crippen molar-refractivity contribution in [1.29, 1.82) is 0 Å². The van der Waals surface area contributed by atoms with Crippen LogP contribution in [-0.2, 0) is 18.3 Å². The topological polar surface area (TPSA) is 77.0 Å². The quantitative estimate of drug-likeness (QED) is 0.449. The number of anilines is 1. The highest BCUT2D eigenvalue weighted by Crippen LogP contribution is 2.49. The summed E-state index contributed by atoms with van der Waals surface area (Å²) in [6.45, 7) is 3.42. The number of nitrogens with zero attached hydrogens (tertiary/aromatic N) is 6. The molecule has 1 aromatic carbocycles. The Hall–Kier alpha value is -3.40. The molecular weight excluding hydrogens is 562 g/mol. The SMILES string of the molecule is CC(=O)N1CCC2=C(C1)C(N1CCCc3cc(-c4cnn(C)c4)c(C(F)F)cc31)=N/[N+]2=C\C1CCC2(CCC(O)CC2)CC1. The summed E-state index contributed by atoms with van der Waals surface area (Å²) in [7, 11) is 1.79. The lowest BCUT2D eigenvalue weighted by atomic mass is 9.63. The zero-order valence-corrected chi connectivity index (χ0v) is 25.8. The van der Waals surface area contributed by atoms with E-state index in [0.717, 1.165) is 86.1 Å². The smallest absolute Gasteiger partial charge is 0.264 e. The summed E-state index contributed by atoms with van der Waals surface area (Å²) in [6, 6.07) is 3.57. The molecule has 2 saturated carbocycles. The number of fused-ring (bicyclic) bond motifs is 1. The minimum absolute atomic E-state index is 0.000224. The van der Waals surface area contributed by atoms with E-state index in [1.807, 2.05) is 11.0 Å². The van der Waals surface area contributed by atoms with Gasteiger partial charge in [-0.1, -0.05) is 4.68 Å². The molecule has 1 aromatic heterocycles. The van der Waals surface area contributed by atoms with Crippen molar-refractivity contribution in [2.75, 3.05) is 24.5 Å². The third-order valence-electron chi connectivity index (χ3n) is 10.8. The highest BCUT2D eigenvalue weighted by molar-refractivity contribution is 6.12. The molecule has 0 bridgehead atoms. The van der Waals surface area contributed by atoms with E-state index in [2.05, 4.69) is 20.9 Å². The van der Waals surface area contributed by atoms with Gasteiger partial charge in [-0.3, -0.25) is 9.48 Å². The number of amidine groups is 1. The summed E-state index contributed by atoms with van der Waals surface area (Å²) < 4.78 is 32.8. The molecule has 2 fully saturated rings. The fourth-order valence-electron chi connectivity index (χ4n) is 8.21. The monoisotopic (exact) mass is 605 g/mol. The van der Waals surface area contributed by atoms with Crippen LogP contribution in [0.3, 0.4) is 0 Å². The maximum atomic E-state index is 14.5. The lowest BCUT2D eigenvalue weighted by Gasteiger charge is -2.43. The van der Waals surface area contributed by atoms with E-state index in [1.165, 1.54) is 12.8 Å². The molecule has 3 aliphatic heterocycles. The van der Waals surface area contributed by atoms with Crippen molar-refractivity contribution in [3.05, 3.63) is 46.9 Å². The molecule has 2 aromatic rings. The molecule has 44 heavy (non-hydrogen) atoms. The fourth-order valence-corrected chi connectivity index (χ4v) is 8.21. The van der Waals surface area contributed by atoms with E-state index in [9.17, 15) is 18.7 Å². The van der Waals surface area contributed by atoms with Crippen LogP contribution in [0.1, 0.15) is 88.7 Å². The Morgan fingerprint density at radius 1 is 1.11 bits per heavy atom. The van der Waals surface area contributed by atoms with E-state index in [0.29, 0.717) is 42.1 Å². The average molecular weight is 606 g/mol. The number of aromatic nitrogens is 2. The molecule has 1 N–H and O–H groups in total. The number of aryl methyl sites for hydroxylation is 2. The van der Waals surface area contributed by atoms with Crippen LogP contribution in [0, 0.1) is 11.3 Å². The number of amides is 1. The van der Waals surface area contributed by atoms with Crippen molar-refractivity contribution in [1.82, 2.24) is 14.7 Å². The minimum Gasteiger partial charge on any atom is -0.393 e. The van der Waals surface area contributed by atoms with Crippen LogP contribution < -0.4 is 4.90 Å². The number of hydrogen-bond donors (Lipinski definition) is 1. The van der Waals surface area contributed by atoms with Crippen molar-refractivity contribution < 1.29 is 23.4 Å². The number of rotatable bonds is 3. The van der Waals surface area contributed by atoms with Gasteiger partial charge in [0.05, 0.1) is 30.8 Å².